The second-order valence-corrected chi connectivity index (χ2v) is 8.19. The van der Waals surface area contributed by atoms with Crippen molar-refractivity contribution in [2.45, 2.75) is 70.8 Å². The number of hydrogen-bond acceptors (Lipinski definition) is 2. The van der Waals surface area contributed by atoms with Gasteiger partial charge < -0.3 is 5.73 Å². The van der Waals surface area contributed by atoms with Gasteiger partial charge in [-0.15, -0.1) is 0 Å². The van der Waals surface area contributed by atoms with Gasteiger partial charge in [0.05, 0.1) is 0 Å². The van der Waals surface area contributed by atoms with Crippen LogP contribution < -0.4 is 5.73 Å². The molecule has 2 atom stereocenters. The topological polar surface area (TPSA) is 29.3 Å². The third-order valence-corrected chi connectivity index (χ3v) is 6.68. The normalized spacial score (nSPS) is 37.5. The molecule has 2 heteroatoms. The lowest BCUT2D eigenvalue weighted by Crippen LogP contribution is -2.58. The predicted octanol–water partition coefficient (Wildman–Crippen LogP) is 3.65. The van der Waals surface area contributed by atoms with Crippen molar-refractivity contribution < 1.29 is 0 Å². The third-order valence-electron chi connectivity index (χ3n) is 6.68. The molecule has 2 nitrogen and oxygen atoms in total. The lowest BCUT2D eigenvalue weighted by atomic mass is 9.71. The molecule has 2 saturated carbocycles. The summed E-state index contributed by atoms with van der Waals surface area (Å²) in [4.78, 5) is 2.81. The Hall–Kier alpha value is -0.0800. The molecule has 3 fully saturated rings. The van der Waals surface area contributed by atoms with Crippen LogP contribution in [0.2, 0.25) is 0 Å². The molecule has 3 rings (SSSR count). The molecule has 20 heavy (non-hydrogen) atoms. The van der Waals surface area contributed by atoms with E-state index >= 15 is 0 Å². The Bertz CT molecular complexity index is 315. The number of nitrogens with zero attached hydrogens (tertiary/aromatic N) is 1. The fourth-order valence-corrected chi connectivity index (χ4v) is 5.00. The van der Waals surface area contributed by atoms with Gasteiger partial charge in [0, 0.05) is 12.1 Å². The third kappa shape index (κ3) is 2.92. The highest BCUT2D eigenvalue weighted by Gasteiger charge is 2.45. The molecule has 2 N–H and O–H groups in total. The first kappa shape index (κ1) is 14.8. The van der Waals surface area contributed by atoms with Crippen LogP contribution in [-0.2, 0) is 0 Å². The van der Waals surface area contributed by atoms with Gasteiger partial charge in [0.25, 0.3) is 0 Å². The number of nitrogens with two attached hydrogens (primary N) is 1. The summed E-state index contributed by atoms with van der Waals surface area (Å²) in [6, 6.07) is 0. The number of rotatable bonds is 4. The maximum Gasteiger partial charge on any atom is 0.0334 e. The summed E-state index contributed by atoms with van der Waals surface area (Å²) in [6.07, 6.45) is 11.5. The summed E-state index contributed by atoms with van der Waals surface area (Å²) < 4.78 is 0. The quantitative estimate of drug-likeness (QED) is 0.850. The second kappa shape index (κ2) is 5.96. The molecule has 1 aliphatic heterocycles. The van der Waals surface area contributed by atoms with Crippen LogP contribution in [0.5, 0.6) is 0 Å². The molecule has 0 spiro atoms. The lowest BCUT2D eigenvalue weighted by Gasteiger charge is -2.51. The Morgan fingerprint density at radius 3 is 2.30 bits per heavy atom. The minimum Gasteiger partial charge on any atom is -0.329 e. The van der Waals surface area contributed by atoms with E-state index in [1.807, 2.05) is 0 Å². The highest BCUT2D eigenvalue weighted by atomic mass is 15.2. The molecule has 2 aliphatic carbocycles. The van der Waals surface area contributed by atoms with Gasteiger partial charge in [-0.1, -0.05) is 26.7 Å². The Morgan fingerprint density at radius 2 is 1.75 bits per heavy atom. The second-order valence-electron chi connectivity index (χ2n) is 8.19. The molecule has 2 unspecified atom stereocenters. The lowest BCUT2D eigenvalue weighted by molar-refractivity contribution is 0.00127. The van der Waals surface area contributed by atoms with E-state index in [0.29, 0.717) is 5.54 Å². The van der Waals surface area contributed by atoms with Gasteiger partial charge in [-0.3, -0.25) is 4.90 Å². The molecular formula is C18H34N2. The first-order valence-corrected chi connectivity index (χ1v) is 9.10. The van der Waals surface area contributed by atoms with Gasteiger partial charge >= 0.3 is 0 Å². The molecule has 3 aliphatic rings. The van der Waals surface area contributed by atoms with Gasteiger partial charge in [-0.2, -0.15) is 0 Å². The Morgan fingerprint density at radius 1 is 1.05 bits per heavy atom. The minimum absolute atomic E-state index is 0.369. The first-order chi connectivity index (χ1) is 9.64. The van der Waals surface area contributed by atoms with E-state index in [1.165, 1.54) is 64.5 Å². The molecule has 0 radical (unpaired) electrons. The van der Waals surface area contributed by atoms with Gasteiger partial charge in [0.15, 0.2) is 0 Å². The maximum absolute atomic E-state index is 6.30. The fourth-order valence-electron chi connectivity index (χ4n) is 5.00. The van der Waals surface area contributed by atoms with Crippen molar-refractivity contribution in [2.24, 2.45) is 29.4 Å². The smallest absolute Gasteiger partial charge is 0.0334 e. The summed E-state index contributed by atoms with van der Waals surface area (Å²) in [5.74, 6) is 3.87. The van der Waals surface area contributed by atoms with Gasteiger partial charge in [0.2, 0.25) is 0 Å². The van der Waals surface area contributed by atoms with Crippen molar-refractivity contribution in [3.63, 3.8) is 0 Å². The van der Waals surface area contributed by atoms with E-state index in [0.717, 1.165) is 30.2 Å². The SMILES string of the molecule is CC(C)C1CCN(C2(CN)CCCC(C3CC3)C2)CC1. The predicted molar refractivity (Wildman–Crippen MR) is 85.6 cm³/mol. The van der Waals surface area contributed by atoms with Crippen LogP contribution in [0, 0.1) is 23.7 Å². The number of hydrogen-bond donors (Lipinski definition) is 1. The molecule has 0 aromatic heterocycles. The molecular weight excluding hydrogens is 244 g/mol. The van der Waals surface area contributed by atoms with Crippen LogP contribution in [0.4, 0.5) is 0 Å². The van der Waals surface area contributed by atoms with E-state index in [4.69, 9.17) is 5.73 Å². The average Bonchev–Trinajstić information content (AvgIpc) is 3.32. The summed E-state index contributed by atoms with van der Waals surface area (Å²) in [5.41, 5.74) is 6.67. The van der Waals surface area contributed by atoms with Crippen LogP contribution >= 0.6 is 0 Å². The maximum atomic E-state index is 6.30. The van der Waals surface area contributed by atoms with E-state index in [1.54, 1.807) is 0 Å². The summed E-state index contributed by atoms with van der Waals surface area (Å²) in [5, 5.41) is 0. The molecule has 0 bridgehead atoms. The van der Waals surface area contributed by atoms with Crippen LogP contribution in [-0.4, -0.2) is 30.1 Å². The standard InChI is InChI=1S/C18H34N2/c1-14(2)15-7-10-20(11-8-15)18(13-19)9-3-4-17(12-18)16-5-6-16/h14-17H,3-13,19H2,1-2H3. The zero-order chi connectivity index (χ0) is 14.2. The van der Waals surface area contributed by atoms with Crippen molar-refractivity contribution in [3.05, 3.63) is 0 Å². The summed E-state index contributed by atoms with van der Waals surface area (Å²) in [7, 11) is 0. The first-order valence-electron chi connectivity index (χ1n) is 9.10. The van der Waals surface area contributed by atoms with E-state index < -0.39 is 0 Å². The van der Waals surface area contributed by atoms with Crippen LogP contribution in [0.1, 0.15) is 65.2 Å². The minimum atomic E-state index is 0.369. The Kier molecular flexibility index (Phi) is 4.42. The van der Waals surface area contributed by atoms with Crippen molar-refractivity contribution in [2.75, 3.05) is 19.6 Å². The molecule has 116 valence electrons. The van der Waals surface area contributed by atoms with Gasteiger partial charge in [0.1, 0.15) is 0 Å². The van der Waals surface area contributed by atoms with Gasteiger partial charge in [-0.05, 0) is 75.3 Å². The fraction of sp³-hybridized carbons (Fsp3) is 1.00. The van der Waals surface area contributed by atoms with Crippen LogP contribution in [0.3, 0.4) is 0 Å². The largest absolute Gasteiger partial charge is 0.329 e. The summed E-state index contributed by atoms with van der Waals surface area (Å²) >= 11 is 0. The highest BCUT2D eigenvalue weighted by Crippen LogP contribution is 2.48. The van der Waals surface area contributed by atoms with Crippen molar-refractivity contribution in [1.82, 2.24) is 4.90 Å². The average molecular weight is 278 g/mol. The molecule has 0 aromatic rings. The van der Waals surface area contributed by atoms with E-state index in [-0.39, 0.29) is 0 Å². The molecule has 1 heterocycles. The Balaban J connectivity index is 1.63. The van der Waals surface area contributed by atoms with Crippen LogP contribution in [0.25, 0.3) is 0 Å². The zero-order valence-corrected chi connectivity index (χ0v) is 13.6. The summed E-state index contributed by atoms with van der Waals surface area (Å²) in [6.45, 7) is 8.28. The number of likely N-dealkylation sites (tertiary alicyclic amines) is 1. The molecule has 0 aromatic carbocycles. The molecule has 0 amide bonds. The Labute approximate surface area is 125 Å². The van der Waals surface area contributed by atoms with Crippen LogP contribution in [0.15, 0.2) is 0 Å². The van der Waals surface area contributed by atoms with E-state index in [2.05, 4.69) is 18.7 Å². The van der Waals surface area contributed by atoms with Crippen molar-refractivity contribution >= 4 is 0 Å². The van der Waals surface area contributed by atoms with Gasteiger partial charge in [-0.25, -0.2) is 0 Å². The highest BCUT2D eigenvalue weighted by molar-refractivity contribution is 5.00. The molecule has 1 saturated heterocycles. The zero-order valence-electron chi connectivity index (χ0n) is 13.6. The van der Waals surface area contributed by atoms with E-state index in [9.17, 15) is 0 Å². The monoisotopic (exact) mass is 278 g/mol. The van der Waals surface area contributed by atoms with Crippen molar-refractivity contribution in [1.29, 1.82) is 0 Å². The van der Waals surface area contributed by atoms with Crippen molar-refractivity contribution in [3.8, 4) is 0 Å². The number of piperidine rings is 1.